The van der Waals surface area contributed by atoms with Gasteiger partial charge in [-0.2, -0.15) is 5.26 Å². The van der Waals surface area contributed by atoms with E-state index in [9.17, 15) is 24.9 Å². The highest BCUT2D eigenvalue weighted by Crippen LogP contribution is 2.33. The van der Waals surface area contributed by atoms with E-state index in [-0.39, 0.29) is 36.7 Å². The van der Waals surface area contributed by atoms with Crippen LogP contribution in [0.2, 0.25) is 0 Å². The lowest BCUT2D eigenvalue weighted by molar-refractivity contribution is -0.192. The van der Waals surface area contributed by atoms with Crippen LogP contribution in [-0.2, 0) is 25.3 Å². The molecule has 1 aromatic rings. The van der Waals surface area contributed by atoms with Crippen LogP contribution in [0, 0.1) is 11.3 Å². The molecule has 3 N–H and O–H groups in total. The Morgan fingerprint density at radius 3 is 2.56 bits per heavy atom. The molecule has 4 heterocycles. The van der Waals surface area contributed by atoms with Gasteiger partial charge in [0.2, 0.25) is 0 Å². The Labute approximate surface area is 229 Å². The number of amides is 2. The molecule has 4 fully saturated rings. The number of benzene rings is 1. The monoisotopic (exact) mass is 540 g/mol. The first-order valence-corrected chi connectivity index (χ1v) is 13.5. The van der Waals surface area contributed by atoms with E-state index in [1.54, 1.807) is 11.0 Å². The van der Waals surface area contributed by atoms with E-state index in [0.29, 0.717) is 13.0 Å². The molecule has 0 spiro atoms. The van der Waals surface area contributed by atoms with Gasteiger partial charge in [0.1, 0.15) is 24.0 Å². The predicted molar refractivity (Wildman–Crippen MR) is 142 cm³/mol. The second kappa shape index (κ2) is 12.9. The summed E-state index contributed by atoms with van der Waals surface area (Å²) in [6.45, 7) is 6.14. The van der Waals surface area contributed by atoms with E-state index in [1.165, 1.54) is 0 Å². The largest absolute Gasteiger partial charge is 0.635 e. The summed E-state index contributed by atoms with van der Waals surface area (Å²) >= 11 is 0. The van der Waals surface area contributed by atoms with Crippen molar-refractivity contribution in [2.24, 2.45) is 0 Å². The molecule has 2 amide bonds. The topological polar surface area (TPSA) is 145 Å². The van der Waals surface area contributed by atoms with Gasteiger partial charge in [-0.3, -0.25) is 15.0 Å². The summed E-state index contributed by atoms with van der Waals surface area (Å²) in [5, 5.41) is 31.0. The van der Waals surface area contributed by atoms with Crippen LogP contribution in [0.5, 0.6) is 0 Å². The Morgan fingerprint density at radius 2 is 1.92 bits per heavy atom. The number of carbonyl (C=O) groups excluding carboxylic acids is 2. The lowest BCUT2D eigenvalue weighted by Gasteiger charge is -2.51. The molecule has 0 saturated carbocycles. The first-order valence-electron chi connectivity index (χ1n) is 13.5. The van der Waals surface area contributed by atoms with Crippen molar-refractivity contribution in [1.82, 2.24) is 15.1 Å². The number of nitriles is 1. The van der Waals surface area contributed by atoms with E-state index in [0.717, 1.165) is 37.9 Å². The van der Waals surface area contributed by atoms with Crippen molar-refractivity contribution in [2.75, 3.05) is 26.2 Å². The Bertz CT molecular complexity index is 1060. The number of nitrogens with one attached hydrogen (secondary N) is 1. The molecular weight excluding hydrogens is 503 g/mol. The van der Waals surface area contributed by atoms with E-state index >= 15 is 0 Å². The van der Waals surface area contributed by atoms with Crippen LogP contribution in [0.15, 0.2) is 42.0 Å². The second-order valence-corrected chi connectivity index (χ2v) is 10.9. The summed E-state index contributed by atoms with van der Waals surface area (Å²) in [7, 11) is -2.08. The van der Waals surface area contributed by atoms with Crippen LogP contribution in [0.3, 0.4) is 0 Å². The van der Waals surface area contributed by atoms with Gasteiger partial charge in [-0.25, -0.2) is 4.79 Å². The van der Waals surface area contributed by atoms with Crippen molar-refractivity contribution < 1.29 is 33.8 Å². The van der Waals surface area contributed by atoms with Gasteiger partial charge in [0.05, 0.1) is 18.8 Å². The molecule has 0 aliphatic carbocycles. The van der Waals surface area contributed by atoms with Gasteiger partial charge >= 0.3 is 13.4 Å². The summed E-state index contributed by atoms with van der Waals surface area (Å²) in [6, 6.07) is 11.2. The normalized spacial score (nSPS) is 24.5. The van der Waals surface area contributed by atoms with Gasteiger partial charge in [-0.1, -0.05) is 30.3 Å². The predicted octanol–water partition coefficient (Wildman–Crippen LogP) is 1.35. The molecule has 0 radical (unpaired) electrons. The number of alkyl carbamates (subject to hydrolysis) is 1. The molecule has 210 valence electrons. The zero-order valence-electron chi connectivity index (χ0n) is 22.5. The molecule has 2 bridgehead atoms. The average molecular weight is 540 g/mol. The lowest BCUT2D eigenvalue weighted by atomic mass is 9.91. The van der Waals surface area contributed by atoms with E-state index in [2.05, 4.69) is 16.3 Å². The first kappa shape index (κ1) is 29.0. The third-order valence-corrected chi connectivity index (χ3v) is 7.44. The van der Waals surface area contributed by atoms with Crippen molar-refractivity contribution in [1.29, 1.82) is 5.26 Å². The smallest absolute Gasteiger partial charge is 0.444 e. The molecule has 4 atom stereocenters. The number of piperidine rings is 1. The maximum atomic E-state index is 13.4. The van der Waals surface area contributed by atoms with E-state index < -0.39 is 31.3 Å². The molecule has 4 aliphatic heterocycles. The molecule has 11 nitrogen and oxygen atoms in total. The number of ether oxygens (including phenoxy) is 2. The summed E-state index contributed by atoms with van der Waals surface area (Å²) < 4.78 is 16.4. The fourth-order valence-corrected chi connectivity index (χ4v) is 5.39. The van der Waals surface area contributed by atoms with E-state index in [1.807, 2.05) is 44.2 Å². The maximum Gasteiger partial charge on any atom is 0.635 e. The van der Waals surface area contributed by atoms with Crippen LogP contribution in [0.25, 0.3) is 0 Å². The zero-order chi connectivity index (χ0) is 28.0. The molecule has 12 heteroatoms. The van der Waals surface area contributed by atoms with Crippen molar-refractivity contribution in [3.05, 3.63) is 47.5 Å². The minimum absolute atomic E-state index is 0.0681. The van der Waals surface area contributed by atoms with Crippen molar-refractivity contribution >= 4 is 19.3 Å². The molecule has 4 saturated heterocycles. The molecule has 2 unspecified atom stereocenters. The van der Waals surface area contributed by atoms with Crippen LogP contribution in [0.4, 0.5) is 4.79 Å². The van der Waals surface area contributed by atoms with Crippen LogP contribution in [-0.4, -0.2) is 95.4 Å². The summed E-state index contributed by atoms with van der Waals surface area (Å²) in [5.74, 6) is -0.381. The highest BCUT2D eigenvalue weighted by atomic mass is 16.6. The Morgan fingerprint density at radius 1 is 1.23 bits per heavy atom. The van der Waals surface area contributed by atoms with Crippen LogP contribution < -0.4 is 5.32 Å². The molecular formula is C27H37BN4O7. The number of hydrogen-bond acceptors (Lipinski definition) is 9. The van der Waals surface area contributed by atoms with Crippen molar-refractivity contribution in [3.8, 4) is 6.07 Å². The molecule has 39 heavy (non-hydrogen) atoms. The van der Waals surface area contributed by atoms with Gasteiger partial charge in [0.25, 0.3) is 5.91 Å². The quantitative estimate of drug-likeness (QED) is 0.183. The lowest BCUT2D eigenvalue weighted by Crippen LogP contribution is -2.62. The van der Waals surface area contributed by atoms with Crippen molar-refractivity contribution in [3.63, 3.8) is 0 Å². The second-order valence-electron chi connectivity index (χ2n) is 10.9. The minimum atomic E-state index is -2.08. The Balaban J connectivity index is 1.36. The van der Waals surface area contributed by atoms with Crippen LogP contribution in [0.1, 0.15) is 45.1 Å². The highest BCUT2D eigenvalue weighted by Gasteiger charge is 2.43. The fraction of sp³-hybridized carbons (Fsp3) is 0.593. The van der Waals surface area contributed by atoms with Gasteiger partial charge < -0.3 is 29.1 Å². The molecule has 4 aliphatic rings. The van der Waals surface area contributed by atoms with Gasteiger partial charge in [-0.15, -0.1) is 0 Å². The van der Waals surface area contributed by atoms with Gasteiger partial charge in [0.15, 0.2) is 0 Å². The zero-order valence-corrected chi connectivity index (χ0v) is 22.5. The number of nitrogens with zero attached hydrogens (tertiary/aromatic N) is 3. The maximum absolute atomic E-state index is 13.4. The standard InChI is InChI=1S/C27H37BN4O7/c1-27(2,32-17-22-13-23(18-32)37-22)14-20(15-29)25(33)31-11-7-6-10-21(16-31)38-26(34)30-24(39-28(35)36)12-19-8-4-3-5-9-19/h3-5,8-9,14,21-24,35-36H,6-7,10-13,16-18H2,1-2H3,(H,30,34)/t21-,22?,23?,24-/m1/s1. The third kappa shape index (κ3) is 8.03. The Kier molecular flexibility index (Phi) is 9.64. The molecule has 0 aromatic heterocycles. The third-order valence-electron chi connectivity index (χ3n) is 7.44. The number of fused-ring (bicyclic) bond motifs is 2. The highest BCUT2D eigenvalue weighted by molar-refractivity contribution is 6.32. The van der Waals surface area contributed by atoms with Crippen molar-refractivity contribution in [2.45, 2.75) is 76.0 Å². The average Bonchev–Trinajstić information content (AvgIpc) is 3.12. The summed E-state index contributed by atoms with van der Waals surface area (Å²) in [4.78, 5) is 29.9. The van der Waals surface area contributed by atoms with Crippen LogP contribution >= 0.6 is 0 Å². The number of morpholine rings is 1. The Hall–Kier alpha value is -2.95. The SMILES string of the molecule is CC(C)(C=C(C#N)C(=O)N1CCCC[C@@H](OC(=O)N[C@@H](Cc2ccccc2)OB(O)O)C1)N1CC2CC(C1)O2. The summed E-state index contributed by atoms with van der Waals surface area (Å²) in [6.07, 6.45) is 3.01. The molecule has 5 rings (SSSR count). The minimum Gasteiger partial charge on any atom is -0.444 e. The van der Waals surface area contributed by atoms with Gasteiger partial charge in [-0.05, 0) is 44.7 Å². The summed E-state index contributed by atoms with van der Waals surface area (Å²) in [5.41, 5.74) is 0.398. The fourth-order valence-electron chi connectivity index (χ4n) is 5.39. The first-order chi connectivity index (χ1) is 18.6. The molecule has 1 aromatic carbocycles. The number of likely N-dealkylation sites (tertiary alicyclic amines) is 1. The number of carbonyl (C=O) groups is 2. The van der Waals surface area contributed by atoms with E-state index in [4.69, 9.17) is 14.1 Å². The van der Waals surface area contributed by atoms with Gasteiger partial charge in [0, 0.05) is 38.0 Å². The number of rotatable bonds is 9. The number of hydrogen-bond donors (Lipinski definition) is 3.